The molecule has 1 N–H and O–H groups in total. The number of rotatable bonds is 4. The predicted molar refractivity (Wildman–Crippen MR) is 68.2 cm³/mol. The van der Waals surface area contributed by atoms with Crippen LogP contribution in [0.3, 0.4) is 0 Å². The Labute approximate surface area is 103 Å². The average molecular weight is 235 g/mol. The van der Waals surface area contributed by atoms with Crippen molar-refractivity contribution in [1.82, 2.24) is 9.97 Å². The molecule has 4 heteroatoms. The largest absolute Gasteiger partial charge is 0.494 e. The highest BCUT2D eigenvalue weighted by atomic mass is 16.5. The van der Waals surface area contributed by atoms with Gasteiger partial charge in [0.15, 0.2) is 5.75 Å². The van der Waals surface area contributed by atoms with Crippen LogP contribution >= 0.6 is 0 Å². The maximum atomic E-state index is 5.04. The third-order valence-corrected chi connectivity index (χ3v) is 3.93. The van der Waals surface area contributed by atoms with Gasteiger partial charge < -0.3 is 10.1 Å². The third kappa shape index (κ3) is 2.68. The first kappa shape index (κ1) is 12.1. The van der Waals surface area contributed by atoms with Crippen molar-refractivity contribution in [2.75, 3.05) is 12.4 Å². The highest BCUT2D eigenvalue weighted by Crippen LogP contribution is 2.35. The summed E-state index contributed by atoms with van der Waals surface area (Å²) in [5.74, 6) is 2.94. The van der Waals surface area contributed by atoms with E-state index in [1.165, 1.54) is 19.3 Å². The number of ether oxygens (including phenoxy) is 1. The lowest BCUT2D eigenvalue weighted by molar-refractivity contribution is 0.390. The van der Waals surface area contributed by atoms with Crippen LogP contribution in [0.15, 0.2) is 12.4 Å². The summed E-state index contributed by atoms with van der Waals surface area (Å²) in [6, 6.07) is 0.508. The molecule has 1 heterocycles. The SMILES string of the molecule is CCC1CCC(Nc2ncc(OC)cn2)C1C. The number of methoxy groups -OCH3 is 1. The fraction of sp³-hybridized carbons (Fsp3) is 0.692. The number of nitrogens with zero attached hydrogens (tertiary/aromatic N) is 2. The zero-order valence-corrected chi connectivity index (χ0v) is 10.8. The van der Waals surface area contributed by atoms with E-state index >= 15 is 0 Å². The van der Waals surface area contributed by atoms with Gasteiger partial charge in [-0.1, -0.05) is 20.3 Å². The van der Waals surface area contributed by atoms with E-state index in [1.54, 1.807) is 19.5 Å². The minimum absolute atomic E-state index is 0.508. The molecule has 3 unspecified atom stereocenters. The Morgan fingerprint density at radius 3 is 2.59 bits per heavy atom. The fourth-order valence-electron chi connectivity index (χ4n) is 2.69. The van der Waals surface area contributed by atoms with Gasteiger partial charge in [0, 0.05) is 6.04 Å². The second-order valence-electron chi connectivity index (χ2n) is 4.80. The molecule has 17 heavy (non-hydrogen) atoms. The van der Waals surface area contributed by atoms with Gasteiger partial charge in [-0.3, -0.25) is 0 Å². The number of aromatic nitrogens is 2. The molecule has 0 radical (unpaired) electrons. The molecule has 1 fully saturated rings. The quantitative estimate of drug-likeness (QED) is 0.871. The van der Waals surface area contributed by atoms with E-state index in [2.05, 4.69) is 29.1 Å². The summed E-state index contributed by atoms with van der Waals surface area (Å²) >= 11 is 0. The Morgan fingerprint density at radius 2 is 2.06 bits per heavy atom. The summed E-state index contributed by atoms with van der Waals surface area (Å²) in [4.78, 5) is 8.50. The van der Waals surface area contributed by atoms with Crippen LogP contribution in [-0.2, 0) is 0 Å². The van der Waals surface area contributed by atoms with Crippen molar-refractivity contribution >= 4 is 5.95 Å². The molecule has 0 aromatic carbocycles. The number of nitrogens with one attached hydrogen (secondary N) is 1. The van der Waals surface area contributed by atoms with Crippen molar-refractivity contribution in [2.45, 2.75) is 39.2 Å². The molecule has 0 saturated heterocycles. The van der Waals surface area contributed by atoms with Crippen LogP contribution in [0.2, 0.25) is 0 Å². The fourth-order valence-corrected chi connectivity index (χ4v) is 2.69. The van der Waals surface area contributed by atoms with Crippen LogP contribution in [0.5, 0.6) is 5.75 Å². The van der Waals surface area contributed by atoms with E-state index in [9.17, 15) is 0 Å². The first-order valence-corrected chi connectivity index (χ1v) is 6.37. The summed E-state index contributed by atoms with van der Waals surface area (Å²) in [5.41, 5.74) is 0. The molecule has 0 bridgehead atoms. The van der Waals surface area contributed by atoms with Gasteiger partial charge in [-0.25, -0.2) is 9.97 Å². The summed E-state index contributed by atoms with van der Waals surface area (Å²) in [6.45, 7) is 4.59. The summed E-state index contributed by atoms with van der Waals surface area (Å²) in [6.07, 6.45) is 7.20. The van der Waals surface area contributed by atoms with Crippen LogP contribution < -0.4 is 10.1 Å². The third-order valence-electron chi connectivity index (χ3n) is 3.93. The first-order chi connectivity index (χ1) is 8.24. The normalized spacial score (nSPS) is 28.1. The predicted octanol–water partition coefficient (Wildman–Crippen LogP) is 2.72. The molecular weight excluding hydrogens is 214 g/mol. The van der Waals surface area contributed by atoms with Gasteiger partial charge in [0.05, 0.1) is 19.5 Å². The second-order valence-corrected chi connectivity index (χ2v) is 4.80. The Kier molecular flexibility index (Phi) is 3.82. The molecule has 0 spiro atoms. The van der Waals surface area contributed by atoms with Gasteiger partial charge in [-0.2, -0.15) is 0 Å². The van der Waals surface area contributed by atoms with E-state index in [1.807, 2.05) is 0 Å². The standard InChI is InChI=1S/C13H21N3O/c1-4-10-5-6-12(9(10)2)16-13-14-7-11(17-3)8-15-13/h7-10,12H,4-6H2,1-3H3,(H,14,15,16). The lowest BCUT2D eigenvalue weighted by Crippen LogP contribution is -2.25. The van der Waals surface area contributed by atoms with Gasteiger partial charge >= 0.3 is 0 Å². The minimum Gasteiger partial charge on any atom is -0.494 e. The molecular formula is C13H21N3O. The molecule has 1 aromatic heterocycles. The lowest BCUT2D eigenvalue weighted by Gasteiger charge is -2.20. The number of hydrogen-bond donors (Lipinski definition) is 1. The molecule has 0 aliphatic heterocycles. The Hall–Kier alpha value is -1.32. The highest BCUT2D eigenvalue weighted by Gasteiger charge is 2.31. The van der Waals surface area contributed by atoms with Crippen molar-refractivity contribution in [3.8, 4) is 5.75 Å². The molecule has 1 saturated carbocycles. The maximum Gasteiger partial charge on any atom is 0.223 e. The molecule has 4 nitrogen and oxygen atoms in total. The van der Waals surface area contributed by atoms with Crippen molar-refractivity contribution < 1.29 is 4.74 Å². The summed E-state index contributed by atoms with van der Waals surface area (Å²) < 4.78 is 5.04. The molecule has 2 rings (SSSR count). The Morgan fingerprint density at radius 1 is 1.35 bits per heavy atom. The Balaban J connectivity index is 1.96. The lowest BCUT2D eigenvalue weighted by atomic mass is 9.94. The summed E-state index contributed by atoms with van der Waals surface area (Å²) in [7, 11) is 1.62. The highest BCUT2D eigenvalue weighted by molar-refractivity contribution is 5.29. The van der Waals surface area contributed by atoms with Crippen molar-refractivity contribution in [3.63, 3.8) is 0 Å². The van der Waals surface area contributed by atoms with Crippen LogP contribution in [-0.4, -0.2) is 23.1 Å². The van der Waals surface area contributed by atoms with E-state index in [0.717, 1.165) is 5.92 Å². The summed E-state index contributed by atoms with van der Waals surface area (Å²) in [5, 5.41) is 3.43. The van der Waals surface area contributed by atoms with Crippen LogP contribution in [0.1, 0.15) is 33.1 Å². The van der Waals surface area contributed by atoms with Gasteiger partial charge in [-0.05, 0) is 24.7 Å². The van der Waals surface area contributed by atoms with Crippen LogP contribution in [0, 0.1) is 11.8 Å². The van der Waals surface area contributed by atoms with Crippen molar-refractivity contribution in [3.05, 3.63) is 12.4 Å². The van der Waals surface area contributed by atoms with Gasteiger partial charge in [0.1, 0.15) is 0 Å². The first-order valence-electron chi connectivity index (χ1n) is 6.37. The van der Waals surface area contributed by atoms with E-state index in [4.69, 9.17) is 4.74 Å². The zero-order valence-electron chi connectivity index (χ0n) is 10.8. The van der Waals surface area contributed by atoms with Gasteiger partial charge in [-0.15, -0.1) is 0 Å². The van der Waals surface area contributed by atoms with E-state index in [0.29, 0.717) is 23.7 Å². The number of anilines is 1. The number of hydrogen-bond acceptors (Lipinski definition) is 4. The molecule has 1 aliphatic rings. The Bertz CT molecular complexity index is 352. The smallest absolute Gasteiger partial charge is 0.223 e. The molecule has 3 atom stereocenters. The van der Waals surface area contributed by atoms with E-state index < -0.39 is 0 Å². The van der Waals surface area contributed by atoms with Crippen molar-refractivity contribution in [1.29, 1.82) is 0 Å². The van der Waals surface area contributed by atoms with Crippen LogP contribution in [0.25, 0.3) is 0 Å². The topological polar surface area (TPSA) is 47.0 Å². The molecule has 0 amide bonds. The van der Waals surface area contributed by atoms with E-state index in [-0.39, 0.29) is 0 Å². The maximum absolute atomic E-state index is 5.04. The molecule has 94 valence electrons. The van der Waals surface area contributed by atoms with Crippen LogP contribution in [0.4, 0.5) is 5.95 Å². The monoisotopic (exact) mass is 235 g/mol. The average Bonchev–Trinajstić information content (AvgIpc) is 2.71. The zero-order chi connectivity index (χ0) is 12.3. The molecule has 1 aromatic rings. The second kappa shape index (κ2) is 5.34. The minimum atomic E-state index is 0.508. The van der Waals surface area contributed by atoms with Crippen molar-refractivity contribution in [2.24, 2.45) is 11.8 Å². The van der Waals surface area contributed by atoms with Gasteiger partial charge in [0.25, 0.3) is 0 Å². The van der Waals surface area contributed by atoms with Gasteiger partial charge in [0.2, 0.25) is 5.95 Å². The molecule has 1 aliphatic carbocycles.